The average molecular weight is 633 g/mol. The van der Waals surface area contributed by atoms with Crippen LogP contribution in [0.25, 0.3) is 21.0 Å². The number of thiophene rings is 1. The van der Waals surface area contributed by atoms with Crippen LogP contribution in [0.15, 0.2) is 70.4 Å². The van der Waals surface area contributed by atoms with Crippen molar-refractivity contribution in [3.63, 3.8) is 0 Å². The van der Waals surface area contributed by atoms with Gasteiger partial charge in [0.15, 0.2) is 0 Å². The van der Waals surface area contributed by atoms with Crippen molar-refractivity contribution in [1.29, 1.82) is 5.26 Å². The van der Waals surface area contributed by atoms with E-state index in [2.05, 4.69) is 0 Å². The quantitative estimate of drug-likeness (QED) is 0.208. The zero-order chi connectivity index (χ0) is 30.3. The van der Waals surface area contributed by atoms with Gasteiger partial charge in [-0.05, 0) is 60.5 Å². The van der Waals surface area contributed by atoms with Crippen LogP contribution in [-0.4, -0.2) is 19.4 Å². The number of nitriles is 1. The van der Waals surface area contributed by atoms with Gasteiger partial charge in [-0.1, -0.05) is 29.8 Å². The number of benzene rings is 2. The summed E-state index contributed by atoms with van der Waals surface area (Å²) in [5.74, 6) is -0.233. The van der Waals surface area contributed by atoms with Crippen molar-refractivity contribution in [2.24, 2.45) is 0 Å². The molecule has 0 fully saturated rings. The Bertz CT molecular complexity index is 1720. The molecule has 0 spiro atoms. The second kappa shape index (κ2) is 11.2. The molecule has 0 unspecified atom stereocenters. The van der Waals surface area contributed by atoms with Crippen molar-refractivity contribution < 1.29 is 35.4 Å². The van der Waals surface area contributed by atoms with Crippen LogP contribution in [0.4, 0.5) is 26.3 Å². The monoisotopic (exact) mass is 632 g/mol. The van der Waals surface area contributed by atoms with Gasteiger partial charge in [-0.3, -0.25) is 13.9 Å². The smallest absolute Gasteiger partial charge is 0.302 e. The number of alkyl halides is 6. The van der Waals surface area contributed by atoms with Crippen LogP contribution in [0.5, 0.6) is 0 Å². The van der Waals surface area contributed by atoms with Crippen molar-refractivity contribution in [3.8, 4) is 27.1 Å². The summed E-state index contributed by atoms with van der Waals surface area (Å²) >= 11 is 7.00. The molecule has 0 bridgehead atoms. The second-order valence-electron chi connectivity index (χ2n) is 8.77. The molecular weight excluding hydrogens is 614 g/mol. The number of nitrogens with zero attached hydrogens (tertiary/aromatic N) is 2. The molecule has 4 rings (SSSR count). The summed E-state index contributed by atoms with van der Waals surface area (Å²) in [6.45, 7) is 1.11. The van der Waals surface area contributed by atoms with E-state index in [1.54, 1.807) is 18.2 Å². The summed E-state index contributed by atoms with van der Waals surface area (Å²) in [6.07, 6.45) is -9.87. The fourth-order valence-corrected chi connectivity index (χ4v) is 6.21. The zero-order valence-corrected chi connectivity index (χ0v) is 23.2. The van der Waals surface area contributed by atoms with E-state index in [0.29, 0.717) is 17.7 Å². The van der Waals surface area contributed by atoms with Crippen LogP contribution in [0.3, 0.4) is 0 Å². The topological polar surface area (TPSA) is 86.2 Å². The fraction of sp³-hybridized carbons (Fsp3) is 0.185. The molecule has 0 atom stereocenters. The molecule has 216 valence electrons. The molecule has 2 aromatic carbocycles. The fourth-order valence-electron chi connectivity index (χ4n) is 4.03. The Hall–Kier alpha value is -3.28. The third kappa shape index (κ3) is 6.32. The third-order valence-corrected chi connectivity index (χ3v) is 9.48. The predicted molar refractivity (Wildman–Crippen MR) is 146 cm³/mol. The molecule has 0 aliphatic heterocycles. The molecule has 2 aromatic heterocycles. The Morgan fingerprint density at radius 1 is 0.976 bits per heavy atom. The lowest BCUT2D eigenvalue weighted by Gasteiger charge is -2.31. The normalized spacial score (nSPS) is 12.8. The molecule has 4 aromatic rings. The van der Waals surface area contributed by atoms with Crippen molar-refractivity contribution in [3.05, 3.63) is 98.3 Å². The summed E-state index contributed by atoms with van der Waals surface area (Å²) in [5, 5.41) is 9.63. The van der Waals surface area contributed by atoms with Gasteiger partial charge in [-0.15, -0.1) is 11.3 Å². The highest BCUT2D eigenvalue weighted by Crippen LogP contribution is 2.51. The molecule has 0 saturated carbocycles. The molecule has 0 amide bonds. The van der Waals surface area contributed by atoms with Gasteiger partial charge in [0, 0.05) is 15.7 Å². The van der Waals surface area contributed by atoms with E-state index in [4.69, 9.17) is 11.6 Å². The van der Waals surface area contributed by atoms with Gasteiger partial charge in [0.25, 0.3) is 5.56 Å². The molecule has 2 N–H and O–H groups in total. The van der Waals surface area contributed by atoms with Gasteiger partial charge in [0.2, 0.25) is 0 Å². The SMILES string of the molecule is CCS(O)(O)c1cc(-c2ccc(-c3cc(C(F)(F)F)c(C#N)c(=O)n3Cc3ccccc3Cl)s2)cc(C(F)(F)F)c1. The molecular formula is C27H19ClF6N2O3S2. The van der Waals surface area contributed by atoms with Gasteiger partial charge in [0.05, 0.1) is 33.1 Å². The van der Waals surface area contributed by atoms with Crippen LogP contribution in [0.1, 0.15) is 29.2 Å². The van der Waals surface area contributed by atoms with E-state index in [1.807, 2.05) is 0 Å². The lowest BCUT2D eigenvalue weighted by Crippen LogP contribution is -2.28. The van der Waals surface area contributed by atoms with Crippen LogP contribution in [0, 0.1) is 11.3 Å². The highest BCUT2D eigenvalue weighted by molar-refractivity contribution is 8.24. The van der Waals surface area contributed by atoms with E-state index < -0.39 is 45.2 Å². The minimum Gasteiger partial charge on any atom is -0.302 e. The maximum Gasteiger partial charge on any atom is 0.417 e. The maximum absolute atomic E-state index is 13.9. The van der Waals surface area contributed by atoms with E-state index in [1.165, 1.54) is 37.3 Å². The summed E-state index contributed by atoms with van der Waals surface area (Å²) in [4.78, 5) is 13.1. The molecule has 0 aliphatic rings. The largest absolute Gasteiger partial charge is 0.417 e. The minimum absolute atomic E-state index is 0.0517. The lowest BCUT2D eigenvalue weighted by molar-refractivity contribution is -0.138. The molecule has 2 heterocycles. The second-order valence-corrected chi connectivity index (χ2v) is 12.6. The average Bonchev–Trinajstić information content (AvgIpc) is 3.39. The van der Waals surface area contributed by atoms with Gasteiger partial charge < -0.3 is 4.57 Å². The van der Waals surface area contributed by atoms with Crippen molar-refractivity contribution in [1.82, 2.24) is 4.57 Å². The predicted octanol–water partition coefficient (Wildman–Crippen LogP) is 8.98. The van der Waals surface area contributed by atoms with E-state index in [9.17, 15) is 45.5 Å². The van der Waals surface area contributed by atoms with Crippen molar-refractivity contribution >= 4 is 33.5 Å². The van der Waals surface area contributed by atoms with E-state index in [0.717, 1.165) is 22.0 Å². The summed E-state index contributed by atoms with van der Waals surface area (Å²) < 4.78 is 104. The van der Waals surface area contributed by atoms with Crippen LogP contribution in [0.2, 0.25) is 5.02 Å². The number of hydrogen-bond acceptors (Lipinski definition) is 5. The standard InChI is InChI=1S/C27H19ClF6N2O3S2/c1-2-41(38,39)18-10-16(9-17(11-18)26(29,30)31)23-7-8-24(40-23)22-12-20(27(32,33)34)19(13-35)25(37)36(22)14-15-5-3-4-6-21(15)28/h3-12,38-39H,2,14H2,1H3. The van der Waals surface area contributed by atoms with Crippen molar-refractivity contribution in [2.45, 2.75) is 30.7 Å². The van der Waals surface area contributed by atoms with Gasteiger partial charge in [0.1, 0.15) is 11.6 Å². The number of halogens is 7. The summed E-state index contributed by atoms with van der Waals surface area (Å²) in [6, 6.07) is 13.6. The summed E-state index contributed by atoms with van der Waals surface area (Å²) in [5.41, 5.74) is -4.83. The Balaban J connectivity index is 1.95. The van der Waals surface area contributed by atoms with Crippen molar-refractivity contribution in [2.75, 3.05) is 5.75 Å². The third-order valence-electron chi connectivity index (χ3n) is 6.16. The van der Waals surface area contributed by atoms with Gasteiger partial charge in [-0.25, -0.2) is 0 Å². The molecule has 0 aliphatic carbocycles. The first kappa shape index (κ1) is 30.7. The zero-order valence-electron chi connectivity index (χ0n) is 20.8. The highest BCUT2D eigenvalue weighted by atomic mass is 35.5. The van der Waals surface area contributed by atoms with E-state index in [-0.39, 0.29) is 43.2 Å². The van der Waals surface area contributed by atoms with E-state index >= 15 is 0 Å². The maximum atomic E-state index is 13.9. The van der Waals surface area contributed by atoms with Crippen LogP contribution in [-0.2, 0) is 18.9 Å². The van der Waals surface area contributed by atoms with Gasteiger partial charge >= 0.3 is 12.4 Å². The first-order valence-corrected chi connectivity index (χ1v) is 14.5. The molecule has 5 nitrogen and oxygen atoms in total. The Labute approximate surface area is 240 Å². The molecule has 41 heavy (non-hydrogen) atoms. The van der Waals surface area contributed by atoms with Crippen LogP contribution < -0.4 is 5.56 Å². The van der Waals surface area contributed by atoms with Gasteiger partial charge in [-0.2, -0.15) is 42.2 Å². The molecule has 0 saturated heterocycles. The van der Waals surface area contributed by atoms with Crippen LogP contribution >= 0.6 is 33.5 Å². The highest BCUT2D eigenvalue weighted by Gasteiger charge is 2.37. The Kier molecular flexibility index (Phi) is 8.37. The lowest BCUT2D eigenvalue weighted by atomic mass is 10.1. The summed E-state index contributed by atoms with van der Waals surface area (Å²) in [7, 11) is -3.55. The molecule has 14 heteroatoms. The molecule has 0 radical (unpaired) electrons. The number of hydrogen-bond donors (Lipinski definition) is 2. The first-order valence-electron chi connectivity index (χ1n) is 11.6. The number of aromatic nitrogens is 1. The minimum atomic E-state index is -5.05. The Morgan fingerprint density at radius 2 is 1.63 bits per heavy atom. The number of pyridine rings is 1. The first-order chi connectivity index (χ1) is 19.1. The number of rotatable bonds is 6. The Morgan fingerprint density at radius 3 is 2.22 bits per heavy atom.